The van der Waals surface area contributed by atoms with E-state index in [1.54, 1.807) is 25.3 Å². The maximum atomic E-state index is 14.0. The fourth-order valence-electron chi connectivity index (χ4n) is 3.17. The smallest absolute Gasteiger partial charge is 0.273 e. The van der Waals surface area contributed by atoms with Crippen LogP contribution in [0.3, 0.4) is 0 Å². The number of pyridine rings is 1. The van der Waals surface area contributed by atoms with E-state index in [2.05, 4.69) is 20.6 Å². The van der Waals surface area contributed by atoms with E-state index in [4.69, 9.17) is 0 Å². The zero-order chi connectivity index (χ0) is 19.6. The number of aryl methyl sites for hydroxylation is 1. The predicted octanol–water partition coefficient (Wildman–Crippen LogP) is 1.37. The van der Waals surface area contributed by atoms with Gasteiger partial charge in [-0.3, -0.25) is 14.6 Å². The molecule has 1 N–H and O–H groups in total. The molecule has 0 spiro atoms. The molecule has 0 aromatic carbocycles. The maximum absolute atomic E-state index is 14.0. The van der Waals surface area contributed by atoms with Gasteiger partial charge in [0, 0.05) is 29.9 Å². The minimum absolute atomic E-state index is 0.0123. The molecule has 0 aliphatic carbocycles. The van der Waals surface area contributed by atoms with Gasteiger partial charge in [0.15, 0.2) is 5.69 Å². The van der Waals surface area contributed by atoms with Crippen molar-refractivity contribution in [3.05, 3.63) is 41.5 Å². The van der Waals surface area contributed by atoms with Crippen molar-refractivity contribution in [2.24, 2.45) is 0 Å². The number of carbonyl (C=O) groups excluding carboxylic acids is 2. The summed E-state index contributed by atoms with van der Waals surface area (Å²) in [6, 6.07) is 2.95. The molecule has 9 heteroatoms. The van der Waals surface area contributed by atoms with Crippen LogP contribution >= 0.6 is 0 Å². The van der Waals surface area contributed by atoms with Crippen LogP contribution in [0.15, 0.2) is 24.5 Å². The highest BCUT2D eigenvalue weighted by molar-refractivity contribution is 5.94. The topological polar surface area (TPSA) is 93.0 Å². The quantitative estimate of drug-likeness (QED) is 0.853. The molecule has 1 fully saturated rings. The van der Waals surface area contributed by atoms with Crippen molar-refractivity contribution >= 4 is 11.8 Å². The van der Waals surface area contributed by atoms with Crippen molar-refractivity contribution in [1.29, 1.82) is 0 Å². The summed E-state index contributed by atoms with van der Waals surface area (Å²) in [7, 11) is 0. The van der Waals surface area contributed by atoms with Crippen LogP contribution in [0.2, 0.25) is 0 Å². The Balaban J connectivity index is 1.72. The summed E-state index contributed by atoms with van der Waals surface area (Å²) in [6.07, 6.45) is 2.22. The molecular formula is C18H23FN6O2. The number of hydrogen-bond acceptors (Lipinski definition) is 5. The fraction of sp³-hybridized carbons (Fsp3) is 0.500. The Morgan fingerprint density at radius 1 is 1.41 bits per heavy atom. The molecular weight excluding hydrogens is 351 g/mol. The molecule has 1 saturated heterocycles. The van der Waals surface area contributed by atoms with Crippen LogP contribution in [-0.2, 0) is 6.54 Å². The highest BCUT2D eigenvalue weighted by atomic mass is 19.1. The molecule has 0 bridgehead atoms. The van der Waals surface area contributed by atoms with E-state index in [0.29, 0.717) is 5.56 Å². The van der Waals surface area contributed by atoms with Crippen molar-refractivity contribution < 1.29 is 14.0 Å². The summed E-state index contributed by atoms with van der Waals surface area (Å²) in [5, 5.41) is 10.6. The fourth-order valence-corrected chi connectivity index (χ4v) is 3.17. The maximum Gasteiger partial charge on any atom is 0.273 e. The Morgan fingerprint density at radius 3 is 2.89 bits per heavy atom. The number of carbonyl (C=O) groups is 2. The molecule has 27 heavy (non-hydrogen) atoms. The first-order chi connectivity index (χ1) is 12.8. The van der Waals surface area contributed by atoms with Gasteiger partial charge in [-0.1, -0.05) is 5.21 Å². The van der Waals surface area contributed by atoms with E-state index in [-0.39, 0.29) is 49.1 Å². The number of amides is 2. The largest absolute Gasteiger partial charge is 0.348 e. The van der Waals surface area contributed by atoms with Crippen molar-refractivity contribution in [2.45, 2.75) is 52.0 Å². The highest BCUT2D eigenvalue weighted by Crippen LogP contribution is 2.24. The van der Waals surface area contributed by atoms with Gasteiger partial charge in [0.1, 0.15) is 6.17 Å². The molecule has 2 unspecified atom stereocenters. The van der Waals surface area contributed by atoms with Crippen LogP contribution in [0, 0.1) is 6.92 Å². The first-order valence-electron chi connectivity index (χ1n) is 8.92. The summed E-state index contributed by atoms with van der Waals surface area (Å²) in [4.78, 5) is 30.4. The van der Waals surface area contributed by atoms with Crippen LogP contribution in [-0.4, -0.2) is 61.5 Å². The summed E-state index contributed by atoms with van der Waals surface area (Å²) >= 11 is 0. The lowest BCUT2D eigenvalue weighted by atomic mass is 10.1. The van der Waals surface area contributed by atoms with Crippen molar-refractivity contribution in [3.63, 3.8) is 0 Å². The van der Waals surface area contributed by atoms with Crippen LogP contribution in [0.5, 0.6) is 0 Å². The Labute approximate surface area is 156 Å². The SMILES string of the molecule is Cc1cc(C(=O)N2CC(F)CC2Cn2cc(C(=O)NC(C)C)nn2)ccn1. The Morgan fingerprint density at radius 2 is 2.19 bits per heavy atom. The van der Waals surface area contributed by atoms with Gasteiger partial charge in [0.2, 0.25) is 0 Å². The lowest BCUT2D eigenvalue weighted by molar-refractivity contribution is 0.0714. The number of likely N-dealkylation sites (tertiary alicyclic amines) is 1. The van der Waals surface area contributed by atoms with Gasteiger partial charge in [-0.25, -0.2) is 9.07 Å². The Hall–Kier alpha value is -2.84. The van der Waals surface area contributed by atoms with Crippen molar-refractivity contribution in [2.75, 3.05) is 6.54 Å². The van der Waals surface area contributed by atoms with Gasteiger partial charge in [0.05, 0.1) is 25.3 Å². The minimum atomic E-state index is -1.09. The van der Waals surface area contributed by atoms with Gasteiger partial charge in [0.25, 0.3) is 11.8 Å². The average molecular weight is 374 g/mol. The van der Waals surface area contributed by atoms with E-state index >= 15 is 0 Å². The first kappa shape index (κ1) is 18.9. The third-order valence-corrected chi connectivity index (χ3v) is 4.36. The number of hydrogen-bond donors (Lipinski definition) is 1. The Kier molecular flexibility index (Phi) is 5.48. The van der Waals surface area contributed by atoms with Gasteiger partial charge >= 0.3 is 0 Å². The Bertz CT molecular complexity index is 837. The lowest BCUT2D eigenvalue weighted by Gasteiger charge is -2.24. The molecule has 2 aromatic heterocycles. The van der Waals surface area contributed by atoms with Gasteiger partial charge < -0.3 is 10.2 Å². The molecule has 1 aliphatic heterocycles. The highest BCUT2D eigenvalue weighted by Gasteiger charge is 2.36. The summed E-state index contributed by atoms with van der Waals surface area (Å²) in [5.41, 5.74) is 1.41. The molecule has 0 saturated carbocycles. The van der Waals surface area contributed by atoms with Crippen molar-refractivity contribution in [1.82, 2.24) is 30.2 Å². The van der Waals surface area contributed by atoms with E-state index in [1.807, 2.05) is 13.8 Å². The summed E-state index contributed by atoms with van der Waals surface area (Å²) < 4.78 is 15.5. The number of aromatic nitrogens is 4. The van der Waals surface area contributed by atoms with Gasteiger partial charge in [-0.05, 0) is 32.9 Å². The molecule has 8 nitrogen and oxygen atoms in total. The minimum Gasteiger partial charge on any atom is -0.348 e. The summed E-state index contributed by atoms with van der Waals surface area (Å²) in [6.45, 7) is 5.83. The number of halogens is 1. The number of alkyl halides is 1. The van der Waals surface area contributed by atoms with Crippen LogP contribution in [0.4, 0.5) is 4.39 Å². The number of rotatable bonds is 5. The van der Waals surface area contributed by atoms with E-state index < -0.39 is 6.17 Å². The third kappa shape index (κ3) is 4.47. The van der Waals surface area contributed by atoms with E-state index in [0.717, 1.165) is 5.69 Å². The van der Waals surface area contributed by atoms with Crippen LogP contribution in [0.1, 0.15) is 46.8 Å². The van der Waals surface area contributed by atoms with Gasteiger partial charge in [-0.2, -0.15) is 0 Å². The standard InChI is InChI=1S/C18H23FN6O2/c1-11(2)21-17(26)16-10-24(23-22-16)9-15-7-14(19)8-25(15)18(27)13-4-5-20-12(3)6-13/h4-6,10-11,14-15H,7-9H2,1-3H3,(H,21,26). The molecule has 3 rings (SSSR count). The normalized spacial score (nSPS) is 19.5. The summed E-state index contributed by atoms with van der Waals surface area (Å²) in [5.74, 6) is -0.547. The first-order valence-corrected chi connectivity index (χ1v) is 8.92. The number of nitrogens with zero attached hydrogens (tertiary/aromatic N) is 5. The molecule has 0 radical (unpaired) electrons. The second kappa shape index (κ2) is 7.81. The molecule has 3 heterocycles. The predicted molar refractivity (Wildman–Crippen MR) is 95.9 cm³/mol. The molecule has 2 atom stereocenters. The average Bonchev–Trinajstić information content (AvgIpc) is 3.20. The number of nitrogens with one attached hydrogen (secondary N) is 1. The zero-order valence-electron chi connectivity index (χ0n) is 15.6. The second-order valence-corrected chi connectivity index (χ2v) is 7.08. The molecule has 144 valence electrons. The van der Waals surface area contributed by atoms with E-state index in [9.17, 15) is 14.0 Å². The van der Waals surface area contributed by atoms with Gasteiger partial charge in [-0.15, -0.1) is 5.10 Å². The zero-order valence-corrected chi connectivity index (χ0v) is 15.6. The lowest BCUT2D eigenvalue weighted by Crippen LogP contribution is -2.38. The monoisotopic (exact) mass is 374 g/mol. The van der Waals surface area contributed by atoms with Crippen LogP contribution in [0.25, 0.3) is 0 Å². The van der Waals surface area contributed by atoms with Crippen LogP contribution < -0.4 is 5.32 Å². The third-order valence-electron chi connectivity index (χ3n) is 4.36. The van der Waals surface area contributed by atoms with Crippen molar-refractivity contribution in [3.8, 4) is 0 Å². The van der Waals surface area contributed by atoms with E-state index in [1.165, 1.54) is 15.8 Å². The molecule has 1 aliphatic rings. The second-order valence-electron chi connectivity index (χ2n) is 7.08. The molecule has 2 amide bonds. The molecule has 2 aromatic rings.